The van der Waals surface area contributed by atoms with Crippen LogP contribution in [0.15, 0.2) is 16.8 Å². The van der Waals surface area contributed by atoms with Crippen LogP contribution in [-0.4, -0.2) is 29.4 Å². The third kappa shape index (κ3) is 2.83. The van der Waals surface area contributed by atoms with Gasteiger partial charge in [0.15, 0.2) is 0 Å². The van der Waals surface area contributed by atoms with Crippen LogP contribution in [0.25, 0.3) is 0 Å². The molecule has 1 saturated heterocycles. The molecule has 1 nitrogen and oxygen atoms in total. The SMILES string of the molecule is CC1(C)CN(CCc2ccsc2)CC1Br. The van der Waals surface area contributed by atoms with Crippen molar-refractivity contribution in [2.75, 3.05) is 19.6 Å². The van der Waals surface area contributed by atoms with Crippen LogP contribution in [0.1, 0.15) is 19.4 Å². The lowest BCUT2D eigenvalue weighted by Crippen LogP contribution is -2.25. The minimum Gasteiger partial charge on any atom is -0.301 e. The zero-order chi connectivity index (χ0) is 10.9. The van der Waals surface area contributed by atoms with Gasteiger partial charge in [0.1, 0.15) is 0 Å². The van der Waals surface area contributed by atoms with Gasteiger partial charge in [-0.2, -0.15) is 11.3 Å². The molecule has 84 valence electrons. The highest BCUT2D eigenvalue weighted by molar-refractivity contribution is 9.09. The molecule has 0 aromatic carbocycles. The summed E-state index contributed by atoms with van der Waals surface area (Å²) in [6, 6.07) is 2.23. The topological polar surface area (TPSA) is 3.24 Å². The number of alkyl halides is 1. The van der Waals surface area contributed by atoms with E-state index in [2.05, 4.69) is 51.5 Å². The van der Waals surface area contributed by atoms with Gasteiger partial charge < -0.3 is 4.90 Å². The molecule has 0 bridgehead atoms. The van der Waals surface area contributed by atoms with Crippen molar-refractivity contribution in [1.29, 1.82) is 0 Å². The molecular weight excluding hydrogens is 270 g/mol. The molecule has 2 heterocycles. The zero-order valence-corrected chi connectivity index (χ0v) is 11.8. The van der Waals surface area contributed by atoms with Gasteiger partial charge in [-0.15, -0.1) is 0 Å². The lowest BCUT2D eigenvalue weighted by Gasteiger charge is -2.21. The first kappa shape index (κ1) is 11.6. The van der Waals surface area contributed by atoms with Gasteiger partial charge in [-0.1, -0.05) is 29.8 Å². The summed E-state index contributed by atoms with van der Waals surface area (Å²) in [5.41, 5.74) is 1.91. The lowest BCUT2D eigenvalue weighted by molar-refractivity contribution is 0.295. The number of hydrogen-bond acceptors (Lipinski definition) is 2. The molecule has 1 unspecified atom stereocenters. The number of halogens is 1. The molecule has 2 rings (SSSR count). The van der Waals surface area contributed by atoms with Crippen LogP contribution in [0, 0.1) is 5.41 Å². The molecule has 0 saturated carbocycles. The van der Waals surface area contributed by atoms with Crippen molar-refractivity contribution in [3.63, 3.8) is 0 Å². The van der Waals surface area contributed by atoms with Crippen LogP contribution in [0.4, 0.5) is 0 Å². The highest BCUT2D eigenvalue weighted by Crippen LogP contribution is 2.34. The number of likely N-dealkylation sites (tertiary alicyclic amines) is 1. The van der Waals surface area contributed by atoms with E-state index >= 15 is 0 Å². The Morgan fingerprint density at radius 2 is 2.40 bits per heavy atom. The molecule has 1 aliphatic heterocycles. The smallest absolute Gasteiger partial charge is 0.0336 e. The Morgan fingerprint density at radius 3 is 2.93 bits per heavy atom. The van der Waals surface area contributed by atoms with Crippen molar-refractivity contribution >= 4 is 27.3 Å². The molecule has 0 radical (unpaired) electrons. The van der Waals surface area contributed by atoms with Gasteiger partial charge in [-0.05, 0) is 34.2 Å². The Morgan fingerprint density at radius 1 is 1.60 bits per heavy atom. The largest absolute Gasteiger partial charge is 0.301 e. The minimum absolute atomic E-state index is 0.425. The van der Waals surface area contributed by atoms with Gasteiger partial charge >= 0.3 is 0 Å². The fourth-order valence-electron chi connectivity index (χ4n) is 2.11. The van der Waals surface area contributed by atoms with E-state index in [0.29, 0.717) is 10.2 Å². The first-order chi connectivity index (χ1) is 7.08. The maximum Gasteiger partial charge on any atom is 0.0336 e. The third-order valence-electron chi connectivity index (χ3n) is 3.19. The molecule has 0 N–H and O–H groups in total. The molecule has 0 amide bonds. The fraction of sp³-hybridized carbons (Fsp3) is 0.667. The summed E-state index contributed by atoms with van der Waals surface area (Å²) in [5.74, 6) is 0. The van der Waals surface area contributed by atoms with E-state index in [-0.39, 0.29) is 0 Å². The van der Waals surface area contributed by atoms with Crippen LogP contribution in [-0.2, 0) is 6.42 Å². The molecule has 1 aromatic rings. The van der Waals surface area contributed by atoms with E-state index in [0.717, 1.165) is 0 Å². The lowest BCUT2D eigenvalue weighted by atomic mass is 9.93. The Hall–Kier alpha value is 0.140. The summed E-state index contributed by atoms with van der Waals surface area (Å²) in [7, 11) is 0. The Kier molecular flexibility index (Phi) is 3.53. The van der Waals surface area contributed by atoms with E-state index in [9.17, 15) is 0 Å². The minimum atomic E-state index is 0.425. The summed E-state index contributed by atoms with van der Waals surface area (Å²) in [4.78, 5) is 3.21. The summed E-state index contributed by atoms with van der Waals surface area (Å²) in [6.45, 7) is 8.29. The van der Waals surface area contributed by atoms with E-state index in [4.69, 9.17) is 0 Å². The average Bonchev–Trinajstić information content (AvgIpc) is 2.72. The Balaban J connectivity index is 1.83. The number of rotatable bonds is 3. The maximum atomic E-state index is 3.78. The van der Waals surface area contributed by atoms with Crippen molar-refractivity contribution in [2.24, 2.45) is 5.41 Å². The van der Waals surface area contributed by atoms with Gasteiger partial charge in [-0.25, -0.2) is 0 Å². The molecule has 0 aliphatic carbocycles. The van der Waals surface area contributed by atoms with Gasteiger partial charge in [0.05, 0.1) is 0 Å². The molecule has 1 aromatic heterocycles. The van der Waals surface area contributed by atoms with Crippen molar-refractivity contribution < 1.29 is 0 Å². The summed E-state index contributed by atoms with van der Waals surface area (Å²) < 4.78 is 0. The Labute approximate surface area is 105 Å². The van der Waals surface area contributed by atoms with Crippen molar-refractivity contribution in [1.82, 2.24) is 4.90 Å². The normalized spacial score (nSPS) is 25.9. The van der Waals surface area contributed by atoms with Gasteiger partial charge in [0.2, 0.25) is 0 Å². The van der Waals surface area contributed by atoms with E-state index in [1.807, 2.05) is 0 Å². The predicted octanol–water partition coefficient (Wildman–Crippen LogP) is 3.40. The molecule has 1 fully saturated rings. The summed E-state index contributed by atoms with van der Waals surface area (Å²) in [5, 5.41) is 4.42. The molecule has 15 heavy (non-hydrogen) atoms. The van der Waals surface area contributed by atoms with Crippen molar-refractivity contribution in [2.45, 2.75) is 25.1 Å². The highest BCUT2D eigenvalue weighted by atomic mass is 79.9. The molecule has 3 heteroatoms. The van der Waals surface area contributed by atoms with Crippen LogP contribution < -0.4 is 0 Å². The van der Waals surface area contributed by atoms with Crippen LogP contribution in [0.3, 0.4) is 0 Å². The first-order valence-electron chi connectivity index (χ1n) is 5.45. The zero-order valence-electron chi connectivity index (χ0n) is 9.37. The van der Waals surface area contributed by atoms with E-state index in [1.165, 1.54) is 31.6 Å². The Bertz CT molecular complexity index is 307. The van der Waals surface area contributed by atoms with Crippen molar-refractivity contribution in [3.05, 3.63) is 22.4 Å². The van der Waals surface area contributed by atoms with Gasteiger partial charge in [0, 0.05) is 24.5 Å². The van der Waals surface area contributed by atoms with Gasteiger partial charge in [-0.3, -0.25) is 0 Å². The number of nitrogens with zero attached hydrogens (tertiary/aromatic N) is 1. The quantitative estimate of drug-likeness (QED) is 0.771. The second-order valence-electron chi connectivity index (χ2n) is 5.07. The number of thiophene rings is 1. The highest BCUT2D eigenvalue weighted by Gasteiger charge is 2.37. The average molecular weight is 288 g/mol. The summed E-state index contributed by atoms with van der Waals surface area (Å²) >= 11 is 5.57. The second kappa shape index (κ2) is 4.56. The van der Waals surface area contributed by atoms with Crippen LogP contribution >= 0.6 is 27.3 Å². The maximum absolute atomic E-state index is 3.78. The molecule has 1 aliphatic rings. The predicted molar refractivity (Wildman–Crippen MR) is 71.0 cm³/mol. The van der Waals surface area contributed by atoms with Crippen molar-refractivity contribution in [3.8, 4) is 0 Å². The van der Waals surface area contributed by atoms with E-state index in [1.54, 1.807) is 11.3 Å². The fourth-order valence-corrected chi connectivity index (χ4v) is 3.36. The summed E-state index contributed by atoms with van der Waals surface area (Å²) in [6.07, 6.45) is 1.19. The van der Waals surface area contributed by atoms with E-state index < -0.39 is 0 Å². The molecule has 0 spiro atoms. The number of hydrogen-bond donors (Lipinski definition) is 0. The van der Waals surface area contributed by atoms with Crippen LogP contribution in [0.5, 0.6) is 0 Å². The monoisotopic (exact) mass is 287 g/mol. The molecule has 1 atom stereocenters. The second-order valence-corrected chi connectivity index (χ2v) is 6.96. The van der Waals surface area contributed by atoms with Gasteiger partial charge in [0.25, 0.3) is 0 Å². The third-order valence-corrected chi connectivity index (χ3v) is 5.46. The molecular formula is C12H18BrNS. The van der Waals surface area contributed by atoms with Crippen LogP contribution in [0.2, 0.25) is 0 Å². The standard InChI is InChI=1S/C12H18BrNS/c1-12(2)9-14(7-11(12)13)5-3-10-4-6-15-8-10/h4,6,8,11H,3,5,7,9H2,1-2H3. The first-order valence-corrected chi connectivity index (χ1v) is 7.31.